The van der Waals surface area contributed by atoms with E-state index in [4.69, 9.17) is 10.2 Å². The third-order valence-electron chi connectivity index (χ3n) is 2.08. The Morgan fingerprint density at radius 2 is 2.29 bits per heavy atom. The van der Waals surface area contributed by atoms with E-state index in [-0.39, 0.29) is 5.54 Å². The highest BCUT2D eigenvalue weighted by atomic mass is 16.3. The van der Waals surface area contributed by atoms with Crippen LogP contribution in [0.5, 0.6) is 0 Å². The average molecular weight is 190 g/mol. The topological polar surface area (TPSA) is 52.0 Å². The molecule has 3 nitrogen and oxygen atoms in total. The number of pyridine rings is 1. The molecular formula is C11H14N2O. The van der Waals surface area contributed by atoms with Gasteiger partial charge in [0.05, 0.1) is 6.26 Å². The van der Waals surface area contributed by atoms with Gasteiger partial charge in [-0.3, -0.25) is 0 Å². The van der Waals surface area contributed by atoms with Crippen LogP contribution in [0.1, 0.15) is 19.4 Å². The van der Waals surface area contributed by atoms with E-state index in [1.807, 2.05) is 26.0 Å². The third-order valence-corrected chi connectivity index (χ3v) is 2.08. The molecule has 2 rings (SSSR count). The standard InChI is InChI=1S/C11H14N2O/c1-11(2,12)6-8-7-14-10-9(8)4-3-5-13-10/h3-5,7H,6,12H2,1-2H3. The number of hydrogen-bond acceptors (Lipinski definition) is 3. The van der Waals surface area contributed by atoms with Gasteiger partial charge in [0.1, 0.15) is 0 Å². The minimum absolute atomic E-state index is 0.216. The van der Waals surface area contributed by atoms with Crippen molar-refractivity contribution in [2.24, 2.45) is 5.73 Å². The number of hydrogen-bond donors (Lipinski definition) is 1. The van der Waals surface area contributed by atoms with Gasteiger partial charge in [-0.15, -0.1) is 0 Å². The second-order valence-electron chi connectivity index (χ2n) is 4.28. The normalized spacial score (nSPS) is 12.2. The molecule has 0 saturated heterocycles. The Kier molecular flexibility index (Phi) is 2.04. The van der Waals surface area contributed by atoms with Crippen molar-refractivity contribution in [3.05, 3.63) is 30.2 Å². The minimum atomic E-state index is -0.216. The van der Waals surface area contributed by atoms with Gasteiger partial charge >= 0.3 is 0 Å². The van der Waals surface area contributed by atoms with Crippen LogP contribution in [0, 0.1) is 0 Å². The predicted molar refractivity (Wildman–Crippen MR) is 56.0 cm³/mol. The second-order valence-corrected chi connectivity index (χ2v) is 4.28. The molecule has 0 amide bonds. The van der Waals surface area contributed by atoms with Gasteiger partial charge in [0, 0.05) is 22.7 Å². The first-order valence-corrected chi connectivity index (χ1v) is 4.66. The molecule has 0 unspecified atom stereocenters. The Balaban J connectivity index is 2.44. The molecule has 0 aromatic carbocycles. The van der Waals surface area contributed by atoms with Crippen LogP contribution in [-0.4, -0.2) is 10.5 Å². The zero-order chi connectivity index (χ0) is 10.2. The fourth-order valence-electron chi connectivity index (χ4n) is 1.55. The average Bonchev–Trinajstić information content (AvgIpc) is 2.47. The van der Waals surface area contributed by atoms with Crippen molar-refractivity contribution in [3.63, 3.8) is 0 Å². The lowest BCUT2D eigenvalue weighted by Gasteiger charge is -2.16. The zero-order valence-corrected chi connectivity index (χ0v) is 8.45. The molecule has 2 heterocycles. The predicted octanol–water partition coefficient (Wildman–Crippen LogP) is 2.11. The summed E-state index contributed by atoms with van der Waals surface area (Å²) in [5, 5.41) is 1.06. The molecule has 2 aromatic heterocycles. The third kappa shape index (κ3) is 1.77. The van der Waals surface area contributed by atoms with E-state index in [1.54, 1.807) is 12.5 Å². The summed E-state index contributed by atoms with van der Waals surface area (Å²) in [7, 11) is 0. The van der Waals surface area contributed by atoms with Crippen LogP contribution in [0.15, 0.2) is 29.0 Å². The summed E-state index contributed by atoms with van der Waals surface area (Å²) in [6.45, 7) is 4.00. The maximum Gasteiger partial charge on any atom is 0.226 e. The molecule has 0 aliphatic heterocycles. The van der Waals surface area contributed by atoms with Gasteiger partial charge in [0.15, 0.2) is 0 Å². The van der Waals surface area contributed by atoms with Crippen molar-refractivity contribution in [1.82, 2.24) is 4.98 Å². The van der Waals surface area contributed by atoms with E-state index in [0.717, 1.165) is 17.4 Å². The molecular weight excluding hydrogens is 176 g/mol. The number of furan rings is 1. The summed E-state index contributed by atoms with van der Waals surface area (Å²) in [4.78, 5) is 4.12. The maximum atomic E-state index is 5.96. The molecule has 14 heavy (non-hydrogen) atoms. The zero-order valence-electron chi connectivity index (χ0n) is 8.45. The van der Waals surface area contributed by atoms with Crippen molar-refractivity contribution < 1.29 is 4.42 Å². The Labute approximate surface area is 82.9 Å². The molecule has 2 N–H and O–H groups in total. The van der Waals surface area contributed by atoms with Gasteiger partial charge in [0.2, 0.25) is 5.71 Å². The van der Waals surface area contributed by atoms with Crippen molar-refractivity contribution in [2.45, 2.75) is 25.8 Å². The molecule has 3 heteroatoms. The van der Waals surface area contributed by atoms with Crippen LogP contribution in [0.25, 0.3) is 11.1 Å². The minimum Gasteiger partial charge on any atom is -0.446 e. The summed E-state index contributed by atoms with van der Waals surface area (Å²) in [6.07, 6.45) is 4.27. The number of nitrogens with two attached hydrogens (primary N) is 1. The Hall–Kier alpha value is -1.35. The van der Waals surface area contributed by atoms with E-state index in [9.17, 15) is 0 Å². The molecule has 0 fully saturated rings. The van der Waals surface area contributed by atoms with Crippen molar-refractivity contribution in [2.75, 3.05) is 0 Å². The van der Waals surface area contributed by atoms with Crippen LogP contribution < -0.4 is 5.73 Å². The SMILES string of the molecule is CC(C)(N)Cc1coc2ncccc12. The molecule has 0 saturated carbocycles. The maximum absolute atomic E-state index is 5.96. The molecule has 0 radical (unpaired) electrons. The fourth-order valence-corrected chi connectivity index (χ4v) is 1.55. The van der Waals surface area contributed by atoms with Crippen LogP contribution in [0.3, 0.4) is 0 Å². The van der Waals surface area contributed by atoms with E-state index < -0.39 is 0 Å². The Morgan fingerprint density at radius 3 is 3.00 bits per heavy atom. The smallest absolute Gasteiger partial charge is 0.226 e. The van der Waals surface area contributed by atoms with Gasteiger partial charge < -0.3 is 10.2 Å². The highest BCUT2D eigenvalue weighted by molar-refractivity contribution is 5.77. The first-order chi connectivity index (χ1) is 6.56. The van der Waals surface area contributed by atoms with E-state index in [1.165, 1.54) is 0 Å². The van der Waals surface area contributed by atoms with Crippen molar-refractivity contribution in [3.8, 4) is 0 Å². The van der Waals surface area contributed by atoms with Crippen LogP contribution in [0.2, 0.25) is 0 Å². The quantitative estimate of drug-likeness (QED) is 0.789. The largest absolute Gasteiger partial charge is 0.446 e. The summed E-state index contributed by atoms with van der Waals surface area (Å²) in [5.41, 5.74) is 7.55. The Bertz CT molecular complexity index is 440. The Morgan fingerprint density at radius 1 is 1.50 bits per heavy atom. The molecule has 0 atom stereocenters. The van der Waals surface area contributed by atoms with E-state index in [0.29, 0.717) is 5.71 Å². The monoisotopic (exact) mass is 190 g/mol. The number of aromatic nitrogens is 1. The fraction of sp³-hybridized carbons (Fsp3) is 0.364. The first-order valence-electron chi connectivity index (χ1n) is 4.66. The lowest BCUT2D eigenvalue weighted by molar-refractivity contribution is 0.510. The van der Waals surface area contributed by atoms with Crippen LogP contribution in [-0.2, 0) is 6.42 Å². The van der Waals surface area contributed by atoms with Crippen molar-refractivity contribution in [1.29, 1.82) is 0 Å². The number of rotatable bonds is 2. The lowest BCUT2D eigenvalue weighted by Crippen LogP contribution is -2.34. The van der Waals surface area contributed by atoms with E-state index in [2.05, 4.69) is 4.98 Å². The summed E-state index contributed by atoms with van der Waals surface area (Å²) in [5.74, 6) is 0. The number of fused-ring (bicyclic) bond motifs is 1. The summed E-state index contributed by atoms with van der Waals surface area (Å²) in [6, 6.07) is 3.91. The van der Waals surface area contributed by atoms with Crippen LogP contribution in [0.4, 0.5) is 0 Å². The molecule has 74 valence electrons. The lowest BCUT2D eigenvalue weighted by atomic mass is 9.96. The molecule has 0 aliphatic carbocycles. The van der Waals surface area contributed by atoms with Gasteiger partial charge in [-0.2, -0.15) is 0 Å². The van der Waals surface area contributed by atoms with Crippen molar-refractivity contribution >= 4 is 11.1 Å². The molecule has 0 spiro atoms. The number of nitrogens with zero attached hydrogens (tertiary/aromatic N) is 1. The second kappa shape index (κ2) is 3.10. The molecule has 0 bridgehead atoms. The van der Waals surface area contributed by atoms with Crippen LogP contribution >= 0.6 is 0 Å². The van der Waals surface area contributed by atoms with Gasteiger partial charge in [-0.1, -0.05) is 0 Å². The highest BCUT2D eigenvalue weighted by Crippen LogP contribution is 2.21. The van der Waals surface area contributed by atoms with Gasteiger partial charge in [-0.25, -0.2) is 4.98 Å². The first kappa shape index (κ1) is 9.21. The molecule has 0 aliphatic rings. The van der Waals surface area contributed by atoms with E-state index >= 15 is 0 Å². The van der Waals surface area contributed by atoms with Gasteiger partial charge in [0.25, 0.3) is 0 Å². The molecule has 2 aromatic rings. The van der Waals surface area contributed by atoms with Gasteiger partial charge in [-0.05, 0) is 32.4 Å². The summed E-state index contributed by atoms with van der Waals surface area (Å²) < 4.78 is 5.33. The highest BCUT2D eigenvalue weighted by Gasteiger charge is 2.15. The summed E-state index contributed by atoms with van der Waals surface area (Å²) >= 11 is 0.